The van der Waals surface area contributed by atoms with E-state index >= 15 is 0 Å². The number of halogens is 4. The highest BCUT2D eigenvalue weighted by Crippen LogP contribution is 2.24. The summed E-state index contributed by atoms with van der Waals surface area (Å²) in [5, 5.41) is 1.54. The zero-order chi connectivity index (χ0) is 13.2. The fourth-order valence-electron chi connectivity index (χ4n) is 1.27. The van der Waals surface area contributed by atoms with E-state index in [0.717, 1.165) is 8.69 Å². The smallest absolute Gasteiger partial charge is 0.327 e. The number of thiophene rings is 1. The van der Waals surface area contributed by atoms with Gasteiger partial charge in [-0.2, -0.15) is 13.2 Å². The maximum Gasteiger partial charge on any atom is 0.406 e. The molecule has 0 bridgehead atoms. The first kappa shape index (κ1) is 14.5. The van der Waals surface area contributed by atoms with Crippen LogP contribution in [-0.4, -0.2) is 29.6 Å². The monoisotopic (exact) mass is 329 g/mol. The molecule has 0 aromatic carbocycles. The van der Waals surface area contributed by atoms with Crippen LogP contribution in [0.3, 0.4) is 0 Å². The third kappa shape index (κ3) is 4.31. The molecule has 1 amide bonds. The Morgan fingerprint density at radius 1 is 1.53 bits per heavy atom. The summed E-state index contributed by atoms with van der Waals surface area (Å²) in [6, 6.07) is 1.03. The lowest BCUT2D eigenvalue weighted by Gasteiger charge is -2.27. The topological polar surface area (TPSA) is 20.3 Å². The van der Waals surface area contributed by atoms with Crippen molar-refractivity contribution in [3.8, 4) is 0 Å². The fraction of sp³-hybridized carbons (Fsp3) is 0.500. The Morgan fingerprint density at radius 2 is 2.12 bits per heavy atom. The molecule has 1 aromatic rings. The van der Waals surface area contributed by atoms with Crippen molar-refractivity contribution < 1.29 is 18.0 Å². The first-order valence-electron chi connectivity index (χ1n) is 4.82. The average Bonchev–Trinajstić information content (AvgIpc) is 2.58. The van der Waals surface area contributed by atoms with Crippen LogP contribution >= 0.6 is 27.3 Å². The summed E-state index contributed by atoms with van der Waals surface area (Å²) in [5.41, 5.74) is 0.278. The Bertz CT molecular complexity index is 403. The predicted octanol–water partition coefficient (Wildman–Crippen LogP) is 3.92. The van der Waals surface area contributed by atoms with Gasteiger partial charge in [-0.15, -0.1) is 11.3 Å². The minimum Gasteiger partial charge on any atom is -0.327 e. The van der Waals surface area contributed by atoms with Crippen molar-refractivity contribution in [2.24, 2.45) is 0 Å². The van der Waals surface area contributed by atoms with E-state index in [0.29, 0.717) is 0 Å². The average molecular weight is 330 g/mol. The van der Waals surface area contributed by atoms with Crippen LogP contribution in [0.2, 0.25) is 0 Å². The number of nitrogens with zero attached hydrogens (tertiary/aromatic N) is 1. The van der Waals surface area contributed by atoms with E-state index in [9.17, 15) is 18.0 Å². The molecule has 7 heteroatoms. The first-order valence-corrected chi connectivity index (χ1v) is 6.49. The van der Waals surface area contributed by atoms with Gasteiger partial charge in [-0.3, -0.25) is 4.79 Å². The van der Waals surface area contributed by atoms with Crippen molar-refractivity contribution >= 4 is 33.2 Å². The lowest BCUT2D eigenvalue weighted by atomic mass is 10.2. The summed E-state index contributed by atoms with van der Waals surface area (Å²) in [5.74, 6) is -0.598. The van der Waals surface area contributed by atoms with Crippen LogP contribution in [0.15, 0.2) is 15.2 Å². The predicted molar refractivity (Wildman–Crippen MR) is 64.2 cm³/mol. The SMILES string of the molecule is CC(C)N(CC(F)(F)F)C(=O)c1csc(Br)c1. The van der Waals surface area contributed by atoms with E-state index in [4.69, 9.17) is 0 Å². The molecule has 0 spiro atoms. The van der Waals surface area contributed by atoms with Gasteiger partial charge in [0.05, 0.1) is 9.35 Å². The third-order valence-electron chi connectivity index (χ3n) is 2.05. The second-order valence-corrected chi connectivity index (χ2v) is 6.07. The standard InChI is InChI=1S/C10H11BrF3NOS/c1-6(2)15(5-10(12,13)14)9(16)7-3-8(11)17-4-7/h3-4,6H,5H2,1-2H3. The molecule has 1 heterocycles. The summed E-state index contributed by atoms with van der Waals surface area (Å²) < 4.78 is 37.8. The van der Waals surface area contributed by atoms with Crippen molar-refractivity contribution in [3.63, 3.8) is 0 Å². The number of hydrogen-bond acceptors (Lipinski definition) is 2. The Labute approximate surface area is 110 Å². The summed E-state index contributed by atoms with van der Waals surface area (Å²) in [4.78, 5) is 12.7. The highest BCUT2D eigenvalue weighted by Gasteiger charge is 2.34. The number of carbonyl (C=O) groups is 1. The lowest BCUT2D eigenvalue weighted by Crippen LogP contribution is -2.43. The summed E-state index contributed by atoms with van der Waals surface area (Å²) in [7, 11) is 0. The van der Waals surface area contributed by atoms with Crippen molar-refractivity contribution in [2.45, 2.75) is 26.1 Å². The van der Waals surface area contributed by atoms with E-state index in [2.05, 4.69) is 15.9 Å². The minimum absolute atomic E-state index is 0.278. The van der Waals surface area contributed by atoms with Crippen molar-refractivity contribution in [2.75, 3.05) is 6.54 Å². The van der Waals surface area contributed by atoms with E-state index in [-0.39, 0.29) is 5.56 Å². The highest BCUT2D eigenvalue weighted by molar-refractivity contribution is 9.11. The molecule has 0 aliphatic rings. The molecule has 0 aliphatic carbocycles. The number of hydrogen-bond donors (Lipinski definition) is 0. The number of alkyl halides is 3. The van der Waals surface area contributed by atoms with Gasteiger partial charge in [0, 0.05) is 11.4 Å². The first-order chi connectivity index (χ1) is 7.70. The highest BCUT2D eigenvalue weighted by atomic mass is 79.9. The molecule has 0 N–H and O–H groups in total. The van der Waals surface area contributed by atoms with Gasteiger partial charge in [-0.1, -0.05) is 0 Å². The second-order valence-electron chi connectivity index (χ2n) is 3.78. The summed E-state index contributed by atoms with van der Waals surface area (Å²) in [6.07, 6.45) is -4.38. The molecule has 0 aliphatic heterocycles. The van der Waals surface area contributed by atoms with Crippen LogP contribution < -0.4 is 0 Å². The normalized spacial score (nSPS) is 11.9. The molecule has 17 heavy (non-hydrogen) atoms. The molecule has 0 atom stereocenters. The van der Waals surface area contributed by atoms with Crippen molar-refractivity contribution in [3.05, 3.63) is 20.8 Å². The Hall–Kier alpha value is -0.560. The molecule has 1 rings (SSSR count). The molecular weight excluding hydrogens is 319 g/mol. The molecule has 0 saturated heterocycles. The Balaban J connectivity index is 2.88. The van der Waals surface area contributed by atoms with Crippen LogP contribution in [0.5, 0.6) is 0 Å². The van der Waals surface area contributed by atoms with E-state index < -0.39 is 24.7 Å². The Kier molecular flexibility index (Phi) is 4.60. The van der Waals surface area contributed by atoms with Gasteiger partial charge >= 0.3 is 6.18 Å². The molecule has 96 valence electrons. The largest absolute Gasteiger partial charge is 0.406 e. The second kappa shape index (κ2) is 5.39. The van der Waals surface area contributed by atoms with Crippen molar-refractivity contribution in [1.29, 1.82) is 0 Å². The van der Waals surface area contributed by atoms with Gasteiger partial charge in [0.25, 0.3) is 5.91 Å². The van der Waals surface area contributed by atoms with E-state index in [1.54, 1.807) is 13.8 Å². The molecule has 2 nitrogen and oxygen atoms in total. The number of amides is 1. The molecular formula is C10H11BrF3NOS. The van der Waals surface area contributed by atoms with Crippen LogP contribution in [-0.2, 0) is 0 Å². The zero-order valence-corrected chi connectivity index (χ0v) is 11.6. The Morgan fingerprint density at radius 3 is 2.47 bits per heavy atom. The fourth-order valence-corrected chi connectivity index (χ4v) is 2.40. The molecule has 1 aromatic heterocycles. The van der Waals surface area contributed by atoms with Gasteiger partial charge < -0.3 is 4.90 Å². The van der Waals surface area contributed by atoms with Crippen LogP contribution in [0, 0.1) is 0 Å². The van der Waals surface area contributed by atoms with Crippen LogP contribution in [0.4, 0.5) is 13.2 Å². The van der Waals surface area contributed by atoms with Gasteiger partial charge in [-0.25, -0.2) is 0 Å². The summed E-state index contributed by atoms with van der Waals surface area (Å²) >= 11 is 4.44. The zero-order valence-electron chi connectivity index (χ0n) is 9.21. The third-order valence-corrected chi connectivity index (χ3v) is 3.55. The molecule has 0 unspecified atom stereocenters. The number of rotatable bonds is 3. The summed E-state index contributed by atoms with van der Waals surface area (Å²) in [6.45, 7) is 1.90. The van der Waals surface area contributed by atoms with Gasteiger partial charge in [-0.05, 0) is 35.8 Å². The van der Waals surface area contributed by atoms with Crippen LogP contribution in [0.25, 0.3) is 0 Å². The number of carbonyl (C=O) groups excluding carboxylic acids is 1. The van der Waals surface area contributed by atoms with E-state index in [1.165, 1.54) is 22.8 Å². The molecule has 0 fully saturated rings. The quantitative estimate of drug-likeness (QED) is 0.822. The van der Waals surface area contributed by atoms with Gasteiger partial charge in [0.1, 0.15) is 6.54 Å². The van der Waals surface area contributed by atoms with Crippen molar-refractivity contribution in [1.82, 2.24) is 4.90 Å². The molecule has 0 saturated carbocycles. The maximum absolute atomic E-state index is 12.3. The van der Waals surface area contributed by atoms with Gasteiger partial charge in [0.15, 0.2) is 0 Å². The van der Waals surface area contributed by atoms with E-state index in [1.807, 2.05) is 0 Å². The lowest BCUT2D eigenvalue weighted by molar-refractivity contribution is -0.143. The van der Waals surface area contributed by atoms with Crippen LogP contribution in [0.1, 0.15) is 24.2 Å². The van der Waals surface area contributed by atoms with Gasteiger partial charge in [0.2, 0.25) is 0 Å². The minimum atomic E-state index is -4.38. The molecule has 0 radical (unpaired) electrons. The maximum atomic E-state index is 12.3.